The molecule has 0 aliphatic carbocycles. The van der Waals surface area contributed by atoms with Gasteiger partial charge in [0.05, 0.1) is 0 Å². The SMILES string of the molecule is CCCN(Cc1ccsc1)C(=O)Nc1ccc(C)c(N2CCCC2=O)c1. The zero-order valence-electron chi connectivity index (χ0n) is 15.3. The van der Waals surface area contributed by atoms with Gasteiger partial charge in [-0.05, 0) is 59.9 Å². The van der Waals surface area contributed by atoms with E-state index in [0.717, 1.165) is 41.9 Å². The van der Waals surface area contributed by atoms with E-state index in [1.807, 2.05) is 46.4 Å². The topological polar surface area (TPSA) is 52.7 Å². The van der Waals surface area contributed by atoms with Crippen LogP contribution in [-0.2, 0) is 11.3 Å². The van der Waals surface area contributed by atoms with Crippen molar-refractivity contribution >= 4 is 34.6 Å². The first kappa shape index (κ1) is 18.5. The lowest BCUT2D eigenvalue weighted by Crippen LogP contribution is -2.35. The van der Waals surface area contributed by atoms with Gasteiger partial charge < -0.3 is 15.1 Å². The normalized spacial score (nSPS) is 13.9. The summed E-state index contributed by atoms with van der Waals surface area (Å²) in [4.78, 5) is 28.5. The van der Waals surface area contributed by atoms with Gasteiger partial charge in [-0.2, -0.15) is 11.3 Å². The fourth-order valence-corrected chi connectivity index (χ4v) is 3.87. The van der Waals surface area contributed by atoms with Gasteiger partial charge in [-0.25, -0.2) is 4.79 Å². The molecule has 0 unspecified atom stereocenters. The predicted octanol–water partition coefficient (Wildman–Crippen LogP) is 4.63. The molecule has 1 aliphatic heterocycles. The molecule has 1 aromatic heterocycles. The molecule has 0 bridgehead atoms. The number of rotatable bonds is 6. The molecular weight excluding hydrogens is 346 g/mol. The van der Waals surface area contributed by atoms with Crippen molar-refractivity contribution in [2.24, 2.45) is 0 Å². The molecule has 0 saturated carbocycles. The number of aryl methyl sites for hydroxylation is 1. The van der Waals surface area contributed by atoms with Gasteiger partial charge in [0.1, 0.15) is 0 Å². The van der Waals surface area contributed by atoms with Gasteiger partial charge in [0.2, 0.25) is 5.91 Å². The maximum Gasteiger partial charge on any atom is 0.322 e. The molecule has 5 nitrogen and oxygen atoms in total. The van der Waals surface area contributed by atoms with E-state index in [1.165, 1.54) is 0 Å². The van der Waals surface area contributed by atoms with Gasteiger partial charge in [-0.15, -0.1) is 0 Å². The Hall–Kier alpha value is -2.34. The Morgan fingerprint density at radius 2 is 2.19 bits per heavy atom. The highest BCUT2D eigenvalue weighted by atomic mass is 32.1. The van der Waals surface area contributed by atoms with E-state index in [0.29, 0.717) is 19.5 Å². The zero-order valence-corrected chi connectivity index (χ0v) is 16.1. The first-order chi connectivity index (χ1) is 12.6. The summed E-state index contributed by atoms with van der Waals surface area (Å²) in [6.07, 6.45) is 2.39. The average Bonchev–Trinajstić information content (AvgIpc) is 3.28. The monoisotopic (exact) mass is 371 g/mol. The summed E-state index contributed by atoms with van der Waals surface area (Å²) in [7, 11) is 0. The van der Waals surface area contributed by atoms with Crippen molar-refractivity contribution in [1.82, 2.24) is 4.90 Å². The number of carbonyl (C=O) groups excluding carboxylic acids is 2. The highest BCUT2D eigenvalue weighted by molar-refractivity contribution is 7.07. The minimum atomic E-state index is -0.111. The van der Waals surface area contributed by atoms with Gasteiger partial charge in [-0.1, -0.05) is 13.0 Å². The van der Waals surface area contributed by atoms with E-state index in [1.54, 1.807) is 11.3 Å². The van der Waals surface area contributed by atoms with Crippen molar-refractivity contribution in [2.45, 2.75) is 39.7 Å². The second-order valence-corrected chi connectivity index (χ2v) is 7.41. The molecule has 3 amide bonds. The molecular formula is C20H25N3O2S. The van der Waals surface area contributed by atoms with E-state index in [4.69, 9.17) is 0 Å². The Labute approximate surface area is 158 Å². The molecule has 0 atom stereocenters. The van der Waals surface area contributed by atoms with Gasteiger partial charge in [0, 0.05) is 37.4 Å². The van der Waals surface area contributed by atoms with Crippen molar-refractivity contribution in [1.29, 1.82) is 0 Å². The average molecular weight is 372 g/mol. The van der Waals surface area contributed by atoms with Crippen LogP contribution in [0.5, 0.6) is 0 Å². The largest absolute Gasteiger partial charge is 0.322 e. The number of thiophene rings is 1. The van der Waals surface area contributed by atoms with Crippen molar-refractivity contribution in [2.75, 3.05) is 23.3 Å². The Balaban J connectivity index is 1.74. The highest BCUT2D eigenvalue weighted by Crippen LogP contribution is 2.28. The molecule has 1 fully saturated rings. The van der Waals surface area contributed by atoms with Crippen molar-refractivity contribution in [3.05, 3.63) is 46.2 Å². The lowest BCUT2D eigenvalue weighted by Gasteiger charge is -2.23. The number of urea groups is 1. The number of hydrogen-bond donors (Lipinski definition) is 1. The fraction of sp³-hybridized carbons (Fsp3) is 0.400. The number of benzene rings is 1. The Bertz CT molecular complexity index is 773. The smallest absolute Gasteiger partial charge is 0.320 e. The van der Waals surface area contributed by atoms with Crippen LogP contribution in [0.15, 0.2) is 35.0 Å². The van der Waals surface area contributed by atoms with E-state index >= 15 is 0 Å². The van der Waals surface area contributed by atoms with Crippen molar-refractivity contribution in [3.8, 4) is 0 Å². The summed E-state index contributed by atoms with van der Waals surface area (Å²) in [6.45, 7) is 6.11. The summed E-state index contributed by atoms with van der Waals surface area (Å²) in [5, 5.41) is 7.09. The van der Waals surface area contributed by atoms with Crippen LogP contribution in [0.4, 0.5) is 16.2 Å². The van der Waals surface area contributed by atoms with Crippen LogP contribution >= 0.6 is 11.3 Å². The summed E-state index contributed by atoms with van der Waals surface area (Å²) in [6, 6.07) is 7.70. The molecule has 138 valence electrons. The fourth-order valence-electron chi connectivity index (χ4n) is 3.21. The van der Waals surface area contributed by atoms with E-state index in [-0.39, 0.29) is 11.9 Å². The van der Waals surface area contributed by atoms with Gasteiger partial charge in [-0.3, -0.25) is 4.79 Å². The molecule has 2 aromatic rings. The quantitative estimate of drug-likeness (QED) is 0.805. The summed E-state index contributed by atoms with van der Waals surface area (Å²) >= 11 is 1.64. The molecule has 1 saturated heterocycles. The maximum atomic E-state index is 12.7. The number of nitrogens with zero attached hydrogens (tertiary/aromatic N) is 2. The van der Waals surface area contributed by atoms with E-state index < -0.39 is 0 Å². The molecule has 6 heteroatoms. The molecule has 1 N–H and O–H groups in total. The standard InChI is InChI=1S/C20H25N3O2S/c1-3-9-22(13-16-8-11-26-14-16)20(25)21-17-7-6-15(2)18(12-17)23-10-4-5-19(23)24/h6-8,11-12,14H,3-5,9-10,13H2,1-2H3,(H,21,25). The summed E-state index contributed by atoms with van der Waals surface area (Å²) in [5.74, 6) is 0.154. The predicted molar refractivity (Wildman–Crippen MR) is 107 cm³/mol. The number of amides is 3. The van der Waals surface area contributed by atoms with Gasteiger partial charge in [0.25, 0.3) is 0 Å². The summed E-state index contributed by atoms with van der Waals surface area (Å²) in [5.41, 5.74) is 3.81. The lowest BCUT2D eigenvalue weighted by molar-refractivity contribution is -0.117. The minimum absolute atomic E-state index is 0.111. The second kappa shape index (κ2) is 8.36. The van der Waals surface area contributed by atoms with Crippen LogP contribution < -0.4 is 10.2 Å². The zero-order chi connectivity index (χ0) is 18.5. The number of hydrogen-bond acceptors (Lipinski definition) is 3. The van der Waals surface area contributed by atoms with Crippen LogP contribution in [0, 0.1) is 6.92 Å². The molecule has 1 aromatic carbocycles. The summed E-state index contributed by atoms with van der Waals surface area (Å²) < 4.78 is 0. The Morgan fingerprint density at radius 3 is 2.85 bits per heavy atom. The highest BCUT2D eigenvalue weighted by Gasteiger charge is 2.23. The third-order valence-electron chi connectivity index (χ3n) is 4.56. The first-order valence-electron chi connectivity index (χ1n) is 9.06. The molecule has 0 spiro atoms. The second-order valence-electron chi connectivity index (χ2n) is 6.63. The number of nitrogens with one attached hydrogen (secondary N) is 1. The van der Waals surface area contributed by atoms with Gasteiger partial charge in [0.15, 0.2) is 0 Å². The van der Waals surface area contributed by atoms with Crippen LogP contribution in [0.3, 0.4) is 0 Å². The van der Waals surface area contributed by atoms with Crippen LogP contribution in [0.1, 0.15) is 37.3 Å². The minimum Gasteiger partial charge on any atom is -0.320 e. The lowest BCUT2D eigenvalue weighted by atomic mass is 10.1. The molecule has 26 heavy (non-hydrogen) atoms. The van der Waals surface area contributed by atoms with Crippen molar-refractivity contribution < 1.29 is 9.59 Å². The molecule has 2 heterocycles. The van der Waals surface area contributed by atoms with Crippen LogP contribution in [0.2, 0.25) is 0 Å². The first-order valence-corrected chi connectivity index (χ1v) is 10.0. The van der Waals surface area contributed by atoms with Crippen molar-refractivity contribution in [3.63, 3.8) is 0 Å². The Kier molecular flexibility index (Phi) is 5.93. The van der Waals surface area contributed by atoms with Crippen LogP contribution in [0.25, 0.3) is 0 Å². The third kappa shape index (κ3) is 4.25. The third-order valence-corrected chi connectivity index (χ3v) is 5.29. The molecule has 1 aliphatic rings. The van der Waals surface area contributed by atoms with Gasteiger partial charge >= 0.3 is 6.03 Å². The number of anilines is 2. The molecule has 0 radical (unpaired) electrons. The van der Waals surface area contributed by atoms with E-state index in [9.17, 15) is 9.59 Å². The Morgan fingerprint density at radius 1 is 1.35 bits per heavy atom. The van der Waals surface area contributed by atoms with E-state index in [2.05, 4.69) is 17.6 Å². The number of carbonyl (C=O) groups is 2. The maximum absolute atomic E-state index is 12.7. The molecule has 3 rings (SSSR count). The van der Waals surface area contributed by atoms with Crippen LogP contribution in [-0.4, -0.2) is 29.9 Å².